The molecule has 1 aliphatic heterocycles. The first-order valence-electron chi connectivity index (χ1n) is 13.2. The van der Waals surface area contributed by atoms with Gasteiger partial charge in [-0.3, -0.25) is 9.69 Å². The number of rotatable bonds is 13. The number of carbonyl (C=O) groups is 1. The van der Waals surface area contributed by atoms with Crippen molar-refractivity contribution < 1.29 is 9.53 Å². The smallest absolute Gasteiger partial charge is 0.220 e. The summed E-state index contributed by atoms with van der Waals surface area (Å²) in [4.78, 5) is 16.9. The van der Waals surface area contributed by atoms with Gasteiger partial charge in [-0.15, -0.1) is 0 Å². The second-order valence-corrected chi connectivity index (χ2v) is 10.8. The van der Waals surface area contributed by atoms with E-state index in [0.29, 0.717) is 18.4 Å². The molecule has 0 aromatic heterocycles. The first kappa shape index (κ1) is 26.0. The minimum absolute atomic E-state index is 0.247. The molecule has 2 fully saturated rings. The van der Waals surface area contributed by atoms with Crippen LogP contribution in [0, 0.1) is 25.7 Å². The summed E-state index contributed by atoms with van der Waals surface area (Å²) in [5.41, 5.74) is 4.00. The number of unbranched alkanes of at least 4 members (excludes halogenated alkanes) is 1. The number of ether oxygens (including phenoxy) is 1. The van der Waals surface area contributed by atoms with Gasteiger partial charge in [0.2, 0.25) is 5.91 Å². The van der Waals surface area contributed by atoms with Crippen LogP contribution in [0.1, 0.15) is 81.0 Å². The van der Waals surface area contributed by atoms with Gasteiger partial charge in [0.25, 0.3) is 0 Å². The summed E-state index contributed by atoms with van der Waals surface area (Å²) in [5, 5.41) is 3.19. The third-order valence-corrected chi connectivity index (χ3v) is 7.86. The Morgan fingerprint density at radius 1 is 1.12 bits per heavy atom. The van der Waals surface area contributed by atoms with Crippen molar-refractivity contribution in [2.45, 2.75) is 78.2 Å². The van der Waals surface area contributed by atoms with Gasteiger partial charge in [0.05, 0.1) is 6.61 Å². The Bertz CT molecular complexity index is 752. The van der Waals surface area contributed by atoms with Crippen molar-refractivity contribution in [3.8, 4) is 5.75 Å². The summed E-state index contributed by atoms with van der Waals surface area (Å²) in [6, 6.07) is 4.80. The molecular weight excluding hydrogens is 410 g/mol. The summed E-state index contributed by atoms with van der Waals surface area (Å²) in [5.74, 6) is 2.64. The van der Waals surface area contributed by atoms with Crippen LogP contribution in [0.2, 0.25) is 0 Å². The Morgan fingerprint density at radius 2 is 1.85 bits per heavy atom. The van der Waals surface area contributed by atoms with Gasteiger partial charge in [0, 0.05) is 38.0 Å². The second-order valence-electron chi connectivity index (χ2n) is 10.8. The Balaban J connectivity index is 1.38. The van der Waals surface area contributed by atoms with E-state index in [4.69, 9.17) is 4.74 Å². The highest BCUT2D eigenvalue weighted by Crippen LogP contribution is 2.34. The molecule has 0 spiro atoms. The van der Waals surface area contributed by atoms with Crippen molar-refractivity contribution in [3.05, 3.63) is 28.8 Å². The molecule has 33 heavy (non-hydrogen) atoms. The number of carbonyl (C=O) groups excluding carboxylic acids is 1. The molecule has 1 amide bonds. The Morgan fingerprint density at radius 3 is 2.55 bits per heavy atom. The van der Waals surface area contributed by atoms with E-state index < -0.39 is 0 Å². The van der Waals surface area contributed by atoms with Gasteiger partial charge in [-0.05, 0) is 89.3 Å². The summed E-state index contributed by atoms with van der Waals surface area (Å²) in [6.07, 6.45) is 9.39. The quantitative estimate of drug-likeness (QED) is 0.419. The third kappa shape index (κ3) is 7.71. The van der Waals surface area contributed by atoms with Crippen LogP contribution in [0.15, 0.2) is 12.1 Å². The lowest BCUT2D eigenvalue weighted by molar-refractivity contribution is -0.121. The molecule has 5 nitrogen and oxygen atoms in total. The maximum atomic E-state index is 12.2. The fourth-order valence-corrected chi connectivity index (χ4v) is 5.37. The molecule has 0 radical (unpaired) electrons. The SMILES string of the molecule is Cc1c(OCCCCN(C)C)ccc(C(C)N2CC(CNC(=O)CCC3CCCC3)C2)c1C. The van der Waals surface area contributed by atoms with Crippen LogP contribution < -0.4 is 10.1 Å². The van der Waals surface area contributed by atoms with E-state index in [2.05, 4.69) is 62.1 Å². The zero-order chi connectivity index (χ0) is 23.8. The Hall–Kier alpha value is -1.59. The molecular formula is C28H47N3O2. The molecule has 1 aromatic rings. The van der Waals surface area contributed by atoms with Crippen LogP contribution in [0.4, 0.5) is 0 Å². The Kier molecular flexibility index (Phi) is 10.1. The highest BCUT2D eigenvalue weighted by atomic mass is 16.5. The highest BCUT2D eigenvalue weighted by molar-refractivity contribution is 5.75. The number of hydrogen-bond donors (Lipinski definition) is 1. The minimum Gasteiger partial charge on any atom is -0.493 e. The molecule has 1 saturated heterocycles. The predicted molar refractivity (Wildman–Crippen MR) is 137 cm³/mol. The fraction of sp³-hybridized carbons (Fsp3) is 0.750. The zero-order valence-corrected chi connectivity index (χ0v) is 21.8. The normalized spacial score (nSPS) is 18.5. The van der Waals surface area contributed by atoms with Crippen molar-refractivity contribution in [1.29, 1.82) is 0 Å². The molecule has 186 valence electrons. The summed E-state index contributed by atoms with van der Waals surface area (Å²) < 4.78 is 6.09. The van der Waals surface area contributed by atoms with Crippen LogP contribution >= 0.6 is 0 Å². The van der Waals surface area contributed by atoms with Crippen molar-refractivity contribution in [1.82, 2.24) is 15.1 Å². The van der Waals surface area contributed by atoms with E-state index in [9.17, 15) is 4.79 Å². The number of nitrogens with zero attached hydrogens (tertiary/aromatic N) is 2. The molecule has 1 saturated carbocycles. The highest BCUT2D eigenvalue weighted by Gasteiger charge is 2.32. The number of nitrogens with one attached hydrogen (secondary N) is 1. The van der Waals surface area contributed by atoms with Gasteiger partial charge >= 0.3 is 0 Å². The van der Waals surface area contributed by atoms with Gasteiger partial charge in [-0.2, -0.15) is 0 Å². The van der Waals surface area contributed by atoms with E-state index in [1.807, 2.05) is 0 Å². The molecule has 1 atom stereocenters. The van der Waals surface area contributed by atoms with Gasteiger partial charge in [0.1, 0.15) is 5.75 Å². The zero-order valence-electron chi connectivity index (χ0n) is 21.8. The third-order valence-electron chi connectivity index (χ3n) is 7.86. The molecule has 1 aliphatic carbocycles. The Labute approximate surface area is 202 Å². The molecule has 0 bridgehead atoms. The van der Waals surface area contributed by atoms with Crippen molar-refractivity contribution in [2.24, 2.45) is 11.8 Å². The summed E-state index contributed by atoms with van der Waals surface area (Å²) in [7, 11) is 4.23. The molecule has 3 rings (SSSR count). The van der Waals surface area contributed by atoms with Gasteiger partial charge in [-0.25, -0.2) is 0 Å². The van der Waals surface area contributed by atoms with E-state index in [1.165, 1.54) is 42.4 Å². The summed E-state index contributed by atoms with van der Waals surface area (Å²) >= 11 is 0. The standard InChI is InChI=1S/C28H47N3O2/c1-21-22(2)27(33-17-9-8-16-30(4)5)14-13-26(21)23(3)31-19-25(20-31)18-29-28(32)15-12-24-10-6-7-11-24/h13-14,23-25H,6-12,15-20H2,1-5H3,(H,29,32). The van der Waals surface area contributed by atoms with Crippen LogP contribution in [0.5, 0.6) is 5.75 Å². The first-order chi connectivity index (χ1) is 15.8. The largest absolute Gasteiger partial charge is 0.493 e. The van der Waals surface area contributed by atoms with Crippen LogP contribution in [-0.4, -0.2) is 62.6 Å². The number of amides is 1. The van der Waals surface area contributed by atoms with Gasteiger partial charge in [0.15, 0.2) is 0 Å². The molecule has 5 heteroatoms. The van der Waals surface area contributed by atoms with E-state index in [0.717, 1.165) is 63.7 Å². The van der Waals surface area contributed by atoms with Crippen molar-refractivity contribution in [3.63, 3.8) is 0 Å². The van der Waals surface area contributed by atoms with E-state index >= 15 is 0 Å². The van der Waals surface area contributed by atoms with Gasteiger partial charge in [-0.1, -0.05) is 31.7 Å². The monoisotopic (exact) mass is 457 g/mol. The van der Waals surface area contributed by atoms with Crippen LogP contribution in [0.25, 0.3) is 0 Å². The van der Waals surface area contributed by atoms with Crippen molar-refractivity contribution in [2.75, 3.05) is 46.9 Å². The lowest BCUT2D eigenvalue weighted by atomic mass is 9.91. The lowest BCUT2D eigenvalue weighted by Crippen LogP contribution is -2.52. The average molecular weight is 458 g/mol. The first-order valence-corrected chi connectivity index (χ1v) is 13.2. The number of likely N-dealkylation sites (tertiary alicyclic amines) is 1. The van der Waals surface area contributed by atoms with E-state index in [-0.39, 0.29) is 5.91 Å². The topological polar surface area (TPSA) is 44.8 Å². The number of hydrogen-bond acceptors (Lipinski definition) is 4. The van der Waals surface area contributed by atoms with Gasteiger partial charge < -0.3 is 15.0 Å². The second kappa shape index (κ2) is 12.8. The molecule has 1 N–H and O–H groups in total. The van der Waals surface area contributed by atoms with Crippen molar-refractivity contribution >= 4 is 5.91 Å². The molecule has 1 heterocycles. The van der Waals surface area contributed by atoms with Crippen LogP contribution in [-0.2, 0) is 4.79 Å². The molecule has 1 aromatic carbocycles. The molecule has 2 aliphatic rings. The van der Waals surface area contributed by atoms with E-state index in [1.54, 1.807) is 0 Å². The lowest BCUT2D eigenvalue weighted by Gasteiger charge is -2.44. The average Bonchev–Trinajstić information content (AvgIpc) is 3.27. The molecule has 1 unspecified atom stereocenters. The maximum absolute atomic E-state index is 12.2. The summed E-state index contributed by atoms with van der Waals surface area (Å²) in [6.45, 7) is 11.6. The predicted octanol–water partition coefficient (Wildman–Crippen LogP) is 5.10. The maximum Gasteiger partial charge on any atom is 0.220 e. The minimum atomic E-state index is 0.247. The fourth-order valence-electron chi connectivity index (χ4n) is 5.37. The van der Waals surface area contributed by atoms with Crippen LogP contribution in [0.3, 0.4) is 0 Å². The number of benzene rings is 1.